The van der Waals surface area contributed by atoms with E-state index < -0.39 is 12.3 Å². The molecule has 7 heteroatoms. The maximum absolute atomic E-state index is 13.9. The molecule has 1 aromatic carbocycles. The summed E-state index contributed by atoms with van der Waals surface area (Å²) in [6.45, 7) is 0. The van der Waals surface area contributed by atoms with Crippen LogP contribution in [0.15, 0.2) is 48.9 Å². The number of phenolic OH excluding ortho intramolecular Hbond substituents is 1. The summed E-state index contributed by atoms with van der Waals surface area (Å²) < 4.78 is 19.5. The minimum atomic E-state index is -0.960. The van der Waals surface area contributed by atoms with Gasteiger partial charge in [0.2, 0.25) is 5.88 Å². The number of ether oxygens (including phenoxy) is 1. The Bertz CT molecular complexity index is 906. The Balaban J connectivity index is 1.52. The molecule has 0 radical (unpaired) electrons. The summed E-state index contributed by atoms with van der Waals surface area (Å²) >= 11 is 0. The molecule has 0 bridgehead atoms. The van der Waals surface area contributed by atoms with E-state index in [2.05, 4.69) is 20.2 Å². The Morgan fingerprint density at radius 3 is 2.59 bits per heavy atom. The fourth-order valence-corrected chi connectivity index (χ4v) is 3.22. The van der Waals surface area contributed by atoms with Crippen LogP contribution < -0.4 is 4.74 Å². The first-order valence-corrected chi connectivity index (χ1v) is 8.95. The van der Waals surface area contributed by atoms with Crippen molar-refractivity contribution >= 4 is 0 Å². The third-order valence-electron chi connectivity index (χ3n) is 4.67. The second kappa shape index (κ2) is 7.65. The maximum atomic E-state index is 13.9. The molecule has 2 atom stereocenters. The monoisotopic (exact) mass is 366 g/mol. The summed E-state index contributed by atoms with van der Waals surface area (Å²) in [7, 11) is 0. The van der Waals surface area contributed by atoms with Gasteiger partial charge in [0.1, 0.15) is 18.0 Å². The number of hydrogen-bond donors (Lipinski definition) is 1. The van der Waals surface area contributed by atoms with Crippen molar-refractivity contribution in [2.45, 2.75) is 38.0 Å². The molecule has 1 aliphatic rings. The highest BCUT2D eigenvalue weighted by Gasteiger charge is 2.26. The van der Waals surface area contributed by atoms with Crippen molar-refractivity contribution in [3.8, 4) is 34.1 Å². The third kappa shape index (κ3) is 3.86. The average Bonchev–Trinajstić information content (AvgIpc) is 2.71. The van der Waals surface area contributed by atoms with Crippen molar-refractivity contribution in [2.75, 3.05) is 0 Å². The van der Waals surface area contributed by atoms with Gasteiger partial charge in [-0.1, -0.05) is 12.5 Å². The van der Waals surface area contributed by atoms with E-state index in [-0.39, 0.29) is 5.75 Å². The minimum Gasteiger partial charge on any atom is -0.507 e. The Labute approximate surface area is 156 Å². The predicted octanol–water partition coefficient (Wildman–Crippen LogP) is 3.97. The molecular formula is C20H19FN4O2. The van der Waals surface area contributed by atoms with Crippen molar-refractivity contribution in [2.24, 2.45) is 0 Å². The molecule has 6 nitrogen and oxygen atoms in total. The maximum Gasteiger partial charge on any atom is 0.233 e. The Hall–Kier alpha value is -3.09. The van der Waals surface area contributed by atoms with E-state index >= 15 is 0 Å². The first-order valence-electron chi connectivity index (χ1n) is 8.95. The third-order valence-corrected chi connectivity index (χ3v) is 4.67. The lowest BCUT2D eigenvalue weighted by atomic mass is 9.96. The smallest absolute Gasteiger partial charge is 0.233 e. The lowest BCUT2D eigenvalue weighted by Crippen LogP contribution is -2.32. The van der Waals surface area contributed by atoms with Crippen molar-refractivity contribution < 1.29 is 14.2 Å². The summed E-state index contributed by atoms with van der Waals surface area (Å²) in [4.78, 5) is 8.24. The Kier molecular flexibility index (Phi) is 4.91. The second-order valence-electron chi connectivity index (χ2n) is 6.54. The molecule has 4 rings (SSSR count). The zero-order valence-electron chi connectivity index (χ0n) is 14.6. The van der Waals surface area contributed by atoms with Crippen molar-refractivity contribution in [1.29, 1.82) is 0 Å². The quantitative estimate of drug-likeness (QED) is 0.753. The van der Waals surface area contributed by atoms with Gasteiger partial charge in [-0.05, 0) is 37.5 Å². The number of phenols is 1. The van der Waals surface area contributed by atoms with E-state index in [4.69, 9.17) is 4.74 Å². The molecule has 0 saturated heterocycles. The van der Waals surface area contributed by atoms with E-state index in [1.54, 1.807) is 42.9 Å². The molecule has 2 aromatic heterocycles. The van der Waals surface area contributed by atoms with Crippen LogP contribution >= 0.6 is 0 Å². The molecule has 0 amide bonds. The van der Waals surface area contributed by atoms with Gasteiger partial charge in [-0.25, -0.2) is 4.39 Å². The summed E-state index contributed by atoms with van der Waals surface area (Å²) in [5, 5.41) is 18.5. The van der Waals surface area contributed by atoms with Crippen LogP contribution in [0.25, 0.3) is 22.5 Å². The number of hydrogen-bond acceptors (Lipinski definition) is 6. The number of benzene rings is 1. The van der Waals surface area contributed by atoms with Gasteiger partial charge >= 0.3 is 0 Å². The SMILES string of the molecule is Oc1cc(-c2cnccn2)ccc1-c1ccc(O[C@@H]2CCCC[C@@H]2F)nn1. The highest BCUT2D eigenvalue weighted by atomic mass is 19.1. The molecule has 0 unspecified atom stereocenters. The van der Waals surface area contributed by atoms with Gasteiger partial charge in [-0.15, -0.1) is 10.2 Å². The van der Waals surface area contributed by atoms with Crippen LogP contribution in [0.5, 0.6) is 11.6 Å². The summed E-state index contributed by atoms with van der Waals surface area (Å²) in [6.07, 6.45) is 6.48. The molecule has 1 aliphatic carbocycles. The normalized spacial score (nSPS) is 19.6. The number of aromatic nitrogens is 4. The van der Waals surface area contributed by atoms with Crippen LogP contribution in [0.1, 0.15) is 25.7 Å². The topological polar surface area (TPSA) is 81.0 Å². The summed E-state index contributed by atoms with van der Waals surface area (Å²) in [5.74, 6) is 0.362. The van der Waals surface area contributed by atoms with Gasteiger partial charge in [0.15, 0.2) is 0 Å². The number of alkyl halides is 1. The highest BCUT2D eigenvalue weighted by Crippen LogP contribution is 2.32. The molecule has 138 valence electrons. The average molecular weight is 366 g/mol. The second-order valence-corrected chi connectivity index (χ2v) is 6.54. The van der Waals surface area contributed by atoms with E-state index in [1.165, 1.54) is 0 Å². The molecule has 0 spiro atoms. The zero-order chi connectivity index (χ0) is 18.6. The molecule has 0 aliphatic heterocycles. The van der Waals surface area contributed by atoms with Gasteiger partial charge in [0.25, 0.3) is 0 Å². The highest BCUT2D eigenvalue weighted by molar-refractivity contribution is 5.72. The summed E-state index contributed by atoms with van der Waals surface area (Å²) in [5.41, 5.74) is 2.47. The number of rotatable bonds is 4. The Morgan fingerprint density at radius 1 is 1.00 bits per heavy atom. The molecule has 3 aromatic rings. The largest absolute Gasteiger partial charge is 0.507 e. The minimum absolute atomic E-state index is 0.0669. The molecule has 1 N–H and O–H groups in total. The van der Waals surface area contributed by atoms with E-state index in [1.807, 2.05) is 6.07 Å². The van der Waals surface area contributed by atoms with Gasteiger partial charge < -0.3 is 9.84 Å². The van der Waals surface area contributed by atoms with Crippen LogP contribution in [0, 0.1) is 0 Å². The van der Waals surface area contributed by atoms with Crippen molar-refractivity contribution in [1.82, 2.24) is 20.2 Å². The summed E-state index contributed by atoms with van der Waals surface area (Å²) in [6, 6.07) is 8.56. The van der Waals surface area contributed by atoms with Gasteiger partial charge in [-0.3, -0.25) is 9.97 Å². The fraction of sp³-hybridized carbons (Fsp3) is 0.300. The number of nitrogens with zero attached hydrogens (tertiary/aromatic N) is 4. The molecule has 1 saturated carbocycles. The van der Waals surface area contributed by atoms with Gasteiger partial charge in [0, 0.05) is 29.6 Å². The van der Waals surface area contributed by atoms with Gasteiger partial charge in [0.05, 0.1) is 17.6 Å². The zero-order valence-corrected chi connectivity index (χ0v) is 14.6. The Morgan fingerprint density at radius 2 is 1.89 bits per heavy atom. The van der Waals surface area contributed by atoms with Gasteiger partial charge in [-0.2, -0.15) is 0 Å². The molecule has 1 fully saturated rings. The van der Waals surface area contributed by atoms with Crippen molar-refractivity contribution in [3.63, 3.8) is 0 Å². The van der Waals surface area contributed by atoms with Crippen LogP contribution in [0.2, 0.25) is 0 Å². The molecule has 2 heterocycles. The number of halogens is 1. The van der Waals surface area contributed by atoms with Crippen LogP contribution in [0.4, 0.5) is 4.39 Å². The number of aromatic hydroxyl groups is 1. The van der Waals surface area contributed by atoms with Crippen molar-refractivity contribution in [3.05, 3.63) is 48.9 Å². The fourth-order valence-electron chi connectivity index (χ4n) is 3.22. The first-order chi connectivity index (χ1) is 13.2. The van der Waals surface area contributed by atoms with Crippen LogP contribution in [-0.2, 0) is 0 Å². The van der Waals surface area contributed by atoms with E-state index in [0.29, 0.717) is 35.7 Å². The lowest BCUT2D eigenvalue weighted by molar-refractivity contribution is 0.0594. The lowest BCUT2D eigenvalue weighted by Gasteiger charge is -2.25. The molecule has 27 heavy (non-hydrogen) atoms. The van der Waals surface area contributed by atoms with E-state index in [9.17, 15) is 9.50 Å². The van der Waals surface area contributed by atoms with Crippen LogP contribution in [0.3, 0.4) is 0 Å². The molecular weight excluding hydrogens is 347 g/mol. The first kappa shape index (κ1) is 17.3. The van der Waals surface area contributed by atoms with E-state index in [0.717, 1.165) is 18.4 Å². The van der Waals surface area contributed by atoms with Crippen LogP contribution in [-0.4, -0.2) is 37.5 Å². The predicted molar refractivity (Wildman–Crippen MR) is 97.9 cm³/mol. The standard InChI is InChI=1S/C20H19FN4O2/c21-15-3-1-2-4-19(15)27-20-8-7-16(24-25-20)14-6-5-13(11-18(14)26)17-12-22-9-10-23-17/h5-12,15,19,26H,1-4H2/t15-,19+/m0/s1.